The zero-order chi connectivity index (χ0) is 12.1. The maximum Gasteiger partial charge on any atom is 0.303 e. The minimum Gasteiger partial charge on any atom is -0.481 e. The average molecular weight is 256 g/mol. The molecule has 0 aliphatic rings. The predicted octanol–water partition coefficient (Wildman–Crippen LogP) is 0.290. The molecule has 0 aromatic carbocycles. The predicted molar refractivity (Wildman–Crippen MR) is 55.8 cm³/mol. The van der Waals surface area contributed by atoms with Gasteiger partial charge in [0.25, 0.3) is 0 Å². The molecule has 6 nitrogen and oxygen atoms in total. The zero-order valence-electron chi connectivity index (χ0n) is 8.00. The number of aliphatic carboxylic acids is 1. The summed E-state index contributed by atoms with van der Waals surface area (Å²) in [4.78, 5) is 19.4. The molecule has 0 amide bonds. The van der Waals surface area contributed by atoms with Crippen molar-refractivity contribution in [2.75, 3.05) is 18.1 Å². The van der Waals surface area contributed by atoms with Crippen molar-refractivity contribution in [3.8, 4) is 0 Å². The first-order valence-corrected chi connectivity index (χ1v) is 7.81. The number of carbonyl (C=O) groups is 1. The summed E-state index contributed by atoms with van der Waals surface area (Å²) in [6.07, 6.45) is -1.29. The maximum atomic E-state index is 11.3. The van der Waals surface area contributed by atoms with Crippen LogP contribution in [0.3, 0.4) is 0 Å². The lowest BCUT2D eigenvalue weighted by molar-refractivity contribution is -0.136. The fourth-order valence-electron chi connectivity index (χ4n) is 0.735. The van der Waals surface area contributed by atoms with E-state index in [1.807, 2.05) is 0 Å². The van der Waals surface area contributed by atoms with Crippen LogP contribution in [0.2, 0.25) is 0 Å². The first-order chi connectivity index (χ1) is 6.68. The molecule has 0 bridgehead atoms. The molecule has 0 saturated heterocycles. The van der Waals surface area contributed by atoms with Crippen molar-refractivity contribution in [1.82, 2.24) is 0 Å². The molecule has 0 aromatic rings. The summed E-state index contributed by atoms with van der Waals surface area (Å²) in [5.41, 5.74) is 0. The summed E-state index contributed by atoms with van der Waals surface area (Å²) in [5, 5.41) is 9.00. The molecule has 1 unspecified atom stereocenters. The number of hydrogen-bond donors (Lipinski definition) is 2. The van der Waals surface area contributed by atoms with Gasteiger partial charge in [0.05, 0.1) is 12.2 Å². The molecule has 0 spiro atoms. The average Bonchev–Trinajstić information content (AvgIpc) is 2.13. The van der Waals surface area contributed by atoms with Crippen LogP contribution in [0, 0.1) is 0 Å². The van der Waals surface area contributed by atoms with Crippen LogP contribution in [0.4, 0.5) is 0 Å². The molecule has 1 atom stereocenters. The molecular formula is C7H13O6PS. The number of hydrogen-bond acceptors (Lipinski definition) is 4. The van der Waals surface area contributed by atoms with Crippen molar-refractivity contribution >= 4 is 23.2 Å². The SMILES string of the molecule is C=CS(=O)(=O)CCP(=O)(O)CCC(=O)O. The van der Waals surface area contributed by atoms with Crippen molar-refractivity contribution in [2.45, 2.75) is 6.42 Å². The minimum absolute atomic E-state index is 0.408. The molecule has 8 heteroatoms. The Morgan fingerprint density at radius 3 is 2.33 bits per heavy atom. The van der Waals surface area contributed by atoms with E-state index in [-0.39, 0.29) is 0 Å². The third-order valence-corrected chi connectivity index (χ3v) is 5.08. The lowest BCUT2D eigenvalue weighted by Gasteiger charge is -2.08. The first kappa shape index (κ1) is 14.3. The van der Waals surface area contributed by atoms with Gasteiger partial charge in [-0.2, -0.15) is 0 Å². The number of sulfone groups is 1. The van der Waals surface area contributed by atoms with E-state index in [2.05, 4.69) is 6.58 Å². The van der Waals surface area contributed by atoms with E-state index >= 15 is 0 Å². The molecule has 0 aliphatic carbocycles. The second-order valence-electron chi connectivity index (χ2n) is 2.97. The molecule has 2 N–H and O–H groups in total. The molecule has 0 fully saturated rings. The van der Waals surface area contributed by atoms with Crippen LogP contribution in [0.25, 0.3) is 0 Å². The zero-order valence-corrected chi connectivity index (χ0v) is 9.71. The van der Waals surface area contributed by atoms with Crippen LogP contribution in [0.15, 0.2) is 12.0 Å². The second kappa shape index (κ2) is 5.44. The summed E-state index contributed by atoms with van der Waals surface area (Å²) < 4.78 is 33.1. The number of carboxylic acid groups (broad SMARTS) is 1. The van der Waals surface area contributed by atoms with Gasteiger partial charge in [-0.1, -0.05) is 6.58 Å². The van der Waals surface area contributed by atoms with Crippen LogP contribution < -0.4 is 0 Å². The Morgan fingerprint density at radius 1 is 1.40 bits per heavy atom. The standard InChI is InChI=1S/C7H13O6PS/c1-2-15(12,13)6-5-14(10,11)4-3-7(8)9/h2H,1,3-6H2,(H,8,9)(H,10,11). The monoisotopic (exact) mass is 256 g/mol. The van der Waals surface area contributed by atoms with Crippen LogP contribution in [-0.4, -0.2) is 42.5 Å². The van der Waals surface area contributed by atoms with E-state index in [0.29, 0.717) is 5.41 Å². The largest absolute Gasteiger partial charge is 0.481 e. The van der Waals surface area contributed by atoms with E-state index in [4.69, 9.17) is 5.11 Å². The molecule has 0 aromatic heterocycles. The van der Waals surface area contributed by atoms with Crippen molar-refractivity contribution in [3.63, 3.8) is 0 Å². The molecule has 0 rings (SSSR count). The van der Waals surface area contributed by atoms with Gasteiger partial charge in [-0.25, -0.2) is 8.42 Å². The lowest BCUT2D eigenvalue weighted by atomic mass is 10.5. The Kier molecular flexibility index (Phi) is 5.20. The molecule has 0 aliphatic heterocycles. The fourth-order valence-corrected chi connectivity index (χ4v) is 3.83. The highest BCUT2D eigenvalue weighted by atomic mass is 32.2. The quantitative estimate of drug-likeness (QED) is 0.634. The Labute approximate surface area is 88.0 Å². The Balaban J connectivity index is 4.22. The van der Waals surface area contributed by atoms with Gasteiger partial charge in [0, 0.05) is 17.7 Å². The van der Waals surface area contributed by atoms with Gasteiger partial charge >= 0.3 is 5.97 Å². The molecule has 0 radical (unpaired) electrons. The molecular weight excluding hydrogens is 243 g/mol. The van der Waals surface area contributed by atoms with Crippen LogP contribution in [0.1, 0.15) is 6.42 Å². The van der Waals surface area contributed by atoms with E-state index in [0.717, 1.165) is 0 Å². The summed E-state index contributed by atoms with van der Waals surface area (Å²) in [7, 11) is -7.17. The topological polar surface area (TPSA) is 109 Å². The van der Waals surface area contributed by atoms with E-state index in [1.54, 1.807) is 0 Å². The molecule has 0 saturated carbocycles. The van der Waals surface area contributed by atoms with Crippen LogP contribution in [-0.2, 0) is 19.2 Å². The second-order valence-corrected chi connectivity index (χ2v) is 7.63. The van der Waals surface area contributed by atoms with Crippen LogP contribution >= 0.6 is 7.37 Å². The Morgan fingerprint density at radius 2 is 1.93 bits per heavy atom. The lowest BCUT2D eigenvalue weighted by Crippen LogP contribution is -2.09. The smallest absolute Gasteiger partial charge is 0.303 e. The van der Waals surface area contributed by atoms with Gasteiger partial charge in [-0.05, 0) is 0 Å². The molecule has 15 heavy (non-hydrogen) atoms. The van der Waals surface area contributed by atoms with Crippen molar-refractivity contribution in [1.29, 1.82) is 0 Å². The fraction of sp³-hybridized carbons (Fsp3) is 0.571. The highest BCUT2D eigenvalue weighted by Gasteiger charge is 2.22. The molecule has 88 valence electrons. The van der Waals surface area contributed by atoms with Gasteiger partial charge in [0.2, 0.25) is 7.37 Å². The van der Waals surface area contributed by atoms with Gasteiger partial charge in [-0.3, -0.25) is 9.36 Å². The number of carboxylic acids is 1. The van der Waals surface area contributed by atoms with Crippen molar-refractivity contribution < 1.29 is 27.8 Å². The summed E-state index contributed by atoms with van der Waals surface area (Å²) >= 11 is 0. The van der Waals surface area contributed by atoms with Gasteiger partial charge in [0.15, 0.2) is 9.84 Å². The minimum atomic E-state index is -3.66. The third kappa shape index (κ3) is 7.30. The Bertz CT molecular complexity index is 384. The highest BCUT2D eigenvalue weighted by molar-refractivity contribution is 7.94. The van der Waals surface area contributed by atoms with Gasteiger partial charge < -0.3 is 10.00 Å². The van der Waals surface area contributed by atoms with E-state index in [9.17, 15) is 22.7 Å². The van der Waals surface area contributed by atoms with Gasteiger partial charge in [0.1, 0.15) is 0 Å². The van der Waals surface area contributed by atoms with Crippen molar-refractivity contribution in [3.05, 3.63) is 12.0 Å². The van der Waals surface area contributed by atoms with E-state index < -0.39 is 47.7 Å². The van der Waals surface area contributed by atoms with E-state index in [1.165, 1.54) is 0 Å². The number of rotatable bonds is 7. The normalized spacial score (nSPS) is 15.5. The van der Waals surface area contributed by atoms with Gasteiger partial charge in [-0.15, -0.1) is 0 Å². The summed E-state index contributed by atoms with van der Waals surface area (Å²) in [6, 6.07) is 0. The first-order valence-electron chi connectivity index (χ1n) is 4.06. The Hall–Kier alpha value is -0.650. The summed E-state index contributed by atoms with van der Waals surface area (Å²) in [5.74, 6) is -1.67. The third-order valence-electron chi connectivity index (χ3n) is 1.65. The summed E-state index contributed by atoms with van der Waals surface area (Å²) in [6.45, 7) is 3.05. The maximum absolute atomic E-state index is 11.3. The van der Waals surface area contributed by atoms with Crippen molar-refractivity contribution in [2.24, 2.45) is 0 Å². The molecule has 0 heterocycles. The highest BCUT2D eigenvalue weighted by Crippen LogP contribution is 2.40. The van der Waals surface area contributed by atoms with Crippen LogP contribution in [0.5, 0.6) is 0 Å².